The molecule has 2 rings (SSSR count). The molecule has 1 saturated heterocycles. The van der Waals surface area contributed by atoms with Crippen molar-refractivity contribution >= 4 is 0 Å². The summed E-state index contributed by atoms with van der Waals surface area (Å²) in [6.45, 7) is 4.86. The van der Waals surface area contributed by atoms with Crippen LogP contribution in [0.5, 0.6) is 0 Å². The van der Waals surface area contributed by atoms with Crippen molar-refractivity contribution in [3.8, 4) is 0 Å². The zero-order chi connectivity index (χ0) is 10.9. The molecular weight excluding hydrogens is 194 g/mol. The summed E-state index contributed by atoms with van der Waals surface area (Å²) in [5, 5.41) is 7.27. The molecule has 0 saturated carbocycles. The molecule has 84 valence electrons. The number of aromatic nitrogens is 2. The highest BCUT2D eigenvalue weighted by Crippen LogP contribution is 2.25. The largest absolute Gasteiger partial charge is 0.371 e. The summed E-state index contributed by atoms with van der Waals surface area (Å²) >= 11 is 0. The third kappa shape index (κ3) is 2.03. The number of hydrogen-bond acceptors (Lipinski definition) is 5. The summed E-state index contributed by atoms with van der Waals surface area (Å²) in [4.78, 5) is 4.37. The summed E-state index contributed by atoms with van der Waals surface area (Å²) in [7, 11) is 1.64. The quantitative estimate of drug-likeness (QED) is 0.818. The fourth-order valence-electron chi connectivity index (χ4n) is 1.61. The van der Waals surface area contributed by atoms with Crippen LogP contribution in [-0.4, -0.2) is 23.8 Å². The fourth-order valence-corrected chi connectivity index (χ4v) is 1.61. The van der Waals surface area contributed by atoms with Gasteiger partial charge in [-0.3, -0.25) is 0 Å². The summed E-state index contributed by atoms with van der Waals surface area (Å²) in [5.41, 5.74) is -0.486. The summed E-state index contributed by atoms with van der Waals surface area (Å²) < 4.78 is 10.5. The van der Waals surface area contributed by atoms with Crippen LogP contribution in [0.1, 0.15) is 44.4 Å². The molecule has 1 aromatic heterocycles. The topological polar surface area (TPSA) is 60.2 Å². The van der Waals surface area contributed by atoms with Crippen molar-refractivity contribution in [1.82, 2.24) is 15.5 Å². The SMILES string of the molecule is COC(C)(C)c1noc(C2CCCN2)n1. The van der Waals surface area contributed by atoms with Gasteiger partial charge in [0.15, 0.2) is 0 Å². The zero-order valence-electron chi connectivity index (χ0n) is 9.41. The standard InChI is InChI=1S/C10H17N3O2/c1-10(2,14-3)9-12-8(15-13-9)7-5-4-6-11-7/h7,11H,4-6H2,1-3H3. The van der Waals surface area contributed by atoms with E-state index in [1.807, 2.05) is 13.8 Å². The lowest BCUT2D eigenvalue weighted by Crippen LogP contribution is -2.21. The highest BCUT2D eigenvalue weighted by Gasteiger charge is 2.29. The van der Waals surface area contributed by atoms with Crippen molar-refractivity contribution < 1.29 is 9.26 Å². The minimum absolute atomic E-state index is 0.221. The molecule has 15 heavy (non-hydrogen) atoms. The van der Waals surface area contributed by atoms with E-state index >= 15 is 0 Å². The minimum Gasteiger partial charge on any atom is -0.371 e. The van der Waals surface area contributed by atoms with Gasteiger partial charge in [0.25, 0.3) is 0 Å². The molecule has 1 aliphatic rings. The van der Waals surface area contributed by atoms with Crippen molar-refractivity contribution in [2.45, 2.75) is 38.3 Å². The van der Waals surface area contributed by atoms with E-state index in [0.717, 1.165) is 19.4 Å². The number of nitrogens with one attached hydrogen (secondary N) is 1. The molecule has 1 fully saturated rings. The van der Waals surface area contributed by atoms with Gasteiger partial charge in [-0.2, -0.15) is 4.98 Å². The molecule has 0 amide bonds. The predicted octanol–water partition coefficient (Wildman–Crippen LogP) is 1.38. The van der Waals surface area contributed by atoms with Crippen LogP contribution in [0.4, 0.5) is 0 Å². The van der Waals surface area contributed by atoms with E-state index in [2.05, 4.69) is 15.5 Å². The van der Waals surface area contributed by atoms with E-state index in [-0.39, 0.29) is 6.04 Å². The monoisotopic (exact) mass is 211 g/mol. The zero-order valence-corrected chi connectivity index (χ0v) is 9.41. The van der Waals surface area contributed by atoms with Gasteiger partial charge in [0.1, 0.15) is 5.60 Å². The fraction of sp³-hybridized carbons (Fsp3) is 0.800. The van der Waals surface area contributed by atoms with Crippen LogP contribution in [0.25, 0.3) is 0 Å². The Hall–Kier alpha value is -0.940. The first-order chi connectivity index (χ1) is 7.13. The lowest BCUT2D eigenvalue weighted by Gasteiger charge is -2.17. The Morgan fingerprint density at radius 3 is 2.93 bits per heavy atom. The summed E-state index contributed by atoms with van der Waals surface area (Å²) in [6.07, 6.45) is 2.23. The second-order valence-corrected chi connectivity index (χ2v) is 4.32. The second kappa shape index (κ2) is 3.90. The number of nitrogens with zero attached hydrogens (tertiary/aromatic N) is 2. The number of hydrogen-bond donors (Lipinski definition) is 1. The van der Waals surface area contributed by atoms with E-state index in [1.54, 1.807) is 7.11 Å². The third-order valence-electron chi connectivity index (χ3n) is 2.85. The smallest absolute Gasteiger partial charge is 0.243 e. The Morgan fingerprint density at radius 1 is 1.53 bits per heavy atom. The number of ether oxygens (including phenoxy) is 1. The molecule has 1 atom stereocenters. The molecule has 5 heteroatoms. The van der Waals surface area contributed by atoms with Crippen molar-refractivity contribution in [2.24, 2.45) is 0 Å². The molecular formula is C10H17N3O2. The van der Waals surface area contributed by atoms with Gasteiger partial charge in [-0.1, -0.05) is 5.16 Å². The Morgan fingerprint density at radius 2 is 2.33 bits per heavy atom. The number of rotatable bonds is 3. The van der Waals surface area contributed by atoms with Gasteiger partial charge in [-0.15, -0.1) is 0 Å². The first-order valence-electron chi connectivity index (χ1n) is 5.26. The average molecular weight is 211 g/mol. The Kier molecular flexibility index (Phi) is 2.75. The van der Waals surface area contributed by atoms with Crippen LogP contribution in [-0.2, 0) is 10.3 Å². The Bertz CT molecular complexity index is 329. The highest BCUT2D eigenvalue weighted by molar-refractivity contribution is 5.01. The van der Waals surface area contributed by atoms with Gasteiger partial charge >= 0.3 is 0 Å². The maximum Gasteiger partial charge on any atom is 0.243 e. The molecule has 1 unspecified atom stereocenters. The van der Waals surface area contributed by atoms with Crippen LogP contribution < -0.4 is 5.32 Å². The normalized spacial score (nSPS) is 22.2. The van der Waals surface area contributed by atoms with Gasteiger partial charge in [-0.05, 0) is 33.2 Å². The molecule has 5 nitrogen and oxygen atoms in total. The molecule has 1 aromatic rings. The predicted molar refractivity (Wildman–Crippen MR) is 54.3 cm³/mol. The average Bonchev–Trinajstić information content (AvgIpc) is 2.88. The third-order valence-corrected chi connectivity index (χ3v) is 2.85. The van der Waals surface area contributed by atoms with Gasteiger partial charge in [-0.25, -0.2) is 0 Å². The van der Waals surface area contributed by atoms with Crippen molar-refractivity contribution in [2.75, 3.05) is 13.7 Å². The molecule has 2 heterocycles. The number of methoxy groups -OCH3 is 1. The van der Waals surface area contributed by atoms with E-state index in [1.165, 1.54) is 0 Å². The molecule has 0 bridgehead atoms. The van der Waals surface area contributed by atoms with Crippen molar-refractivity contribution in [1.29, 1.82) is 0 Å². The van der Waals surface area contributed by atoms with Gasteiger partial charge in [0, 0.05) is 7.11 Å². The Labute approximate surface area is 89.2 Å². The van der Waals surface area contributed by atoms with Crippen molar-refractivity contribution in [3.05, 3.63) is 11.7 Å². The van der Waals surface area contributed by atoms with Gasteiger partial charge in [0.05, 0.1) is 6.04 Å². The minimum atomic E-state index is -0.486. The first kappa shape index (κ1) is 10.6. The maximum atomic E-state index is 5.29. The van der Waals surface area contributed by atoms with Crippen LogP contribution in [0.15, 0.2) is 4.52 Å². The van der Waals surface area contributed by atoms with Crippen LogP contribution in [0.3, 0.4) is 0 Å². The van der Waals surface area contributed by atoms with E-state index in [0.29, 0.717) is 11.7 Å². The van der Waals surface area contributed by atoms with Gasteiger partial charge in [0.2, 0.25) is 11.7 Å². The molecule has 0 spiro atoms. The van der Waals surface area contributed by atoms with E-state index in [4.69, 9.17) is 9.26 Å². The van der Waals surface area contributed by atoms with Crippen LogP contribution in [0.2, 0.25) is 0 Å². The Balaban J connectivity index is 2.16. The summed E-state index contributed by atoms with van der Waals surface area (Å²) in [5.74, 6) is 1.28. The highest BCUT2D eigenvalue weighted by atomic mass is 16.5. The summed E-state index contributed by atoms with van der Waals surface area (Å²) in [6, 6.07) is 0.221. The molecule has 1 N–H and O–H groups in total. The van der Waals surface area contributed by atoms with Gasteiger partial charge < -0.3 is 14.6 Å². The second-order valence-electron chi connectivity index (χ2n) is 4.32. The molecule has 0 aromatic carbocycles. The van der Waals surface area contributed by atoms with Crippen molar-refractivity contribution in [3.63, 3.8) is 0 Å². The van der Waals surface area contributed by atoms with Crippen LogP contribution >= 0.6 is 0 Å². The lowest BCUT2D eigenvalue weighted by atomic mass is 10.1. The molecule has 0 aliphatic carbocycles. The molecule has 0 radical (unpaired) electrons. The first-order valence-corrected chi connectivity index (χ1v) is 5.26. The van der Waals surface area contributed by atoms with E-state index in [9.17, 15) is 0 Å². The molecule has 1 aliphatic heterocycles. The van der Waals surface area contributed by atoms with E-state index < -0.39 is 5.60 Å². The maximum absolute atomic E-state index is 5.29. The lowest BCUT2D eigenvalue weighted by molar-refractivity contribution is 0.00973. The van der Waals surface area contributed by atoms with Crippen LogP contribution in [0, 0.1) is 0 Å².